The number of aromatic amines is 2. The third kappa shape index (κ3) is 11.3. The molecule has 0 saturated heterocycles. The van der Waals surface area contributed by atoms with Gasteiger partial charge in [-0.1, -0.05) is 144 Å². The van der Waals surface area contributed by atoms with Crippen LogP contribution in [0.5, 0.6) is 0 Å². The van der Waals surface area contributed by atoms with Gasteiger partial charge in [-0.15, -0.1) is 0 Å². The van der Waals surface area contributed by atoms with Crippen LogP contribution in [0.3, 0.4) is 0 Å². The molecule has 9 heterocycles. The van der Waals surface area contributed by atoms with Gasteiger partial charge in [-0.25, -0.2) is 29.9 Å². The first-order valence-corrected chi connectivity index (χ1v) is 30.0. The van der Waals surface area contributed by atoms with E-state index in [9.17, 15) is 0 Å². The van der Waals surface area contributed by atoms with Gasteiger partial charge < -0.3 is 9.97 Å². The SMILES string of the molecule is CC(C)(C)c1cc(-c2c3nc(cc4[nH]c(cc4-c4cccc(Br)n4)c(-c4cc(C(C)(C)C)cc(C(C)(C)C)c4)c4nc(cc5[nH]c2cc5-c2cccc(Br)n2)C(c2cccc(Br)n2)=C4)C(c2cccc(Br)n2)=C3)cc(C(C)(C)C)c1. The van der Waals surface area contributed by atoms with Crippen LogP contribution in [-0.2, 0) is 21.7 Å². The molecule has 8 bridgehead atoms. The third-order valence-corrected chi connectivity index (χ3v) is 16.5. The average molecular weight is 1310 g/mol. The van der Waals surface area contributed by atoms with Crippen LogP contribution in [0.2, 0.25) is 0 Å². The Hall–Kier alpha value is -6.44. The molecule has 8 nitrogen and oxygen atoms in total. The number of nitrogens with zero attached hydrogens (tertiary/aromatic N) is 6. The van der Waals surface area contributed by atoms with E-state index in [1.807, 2.05) is 48.5 Å². The summed E-state index contributed by atoms with van der Waals surface area (Å²) < 4.78 is 2.90. The fraction of sp³-hybridized carbons (Fsp3) is 0.235. The molecule has 0 radical (unpaired) electrons. The summed E-state index contributed by atoms with van der Waals surface area (Å²) in [5.74, 6) is 0. The molecular formula is C68H62Br4N8. The Morgan fingerprint density at radius 2 is 0.613 bits per heavy atom. The summed E-state index contributed by atoms with van der Waals surface area (Å²) in [5.41, 5.74) is 21.2. The van der Waals surface area contributed by atoms with Crippen LogP contribution in [0.25, 0.3) is 90.1 Å². The van der Waals surface area contributed by atoms with Crippen molar-refractivity contribution in [2.24, 2.45) is 0 Å². The molecule has 0 fully saturated rings. The Balaban J connectivity index is 1.40. The van der Waals surface area contributed by atoms with Crippen LogP contribution in [0.4, 0.5) is 0 Å². The highest BCUT2D eigenvalue weighted by atomic mass is 79.9. The highest BCUT2D eigenvalue weighted by Gasteiger charge is 2.28. The van der Waals surface area contributed by atoms with E-state index < -0.39 is 0 Å². The number of halogens is 4. The Morgan fingerprint density at radius 1 is 0.312 bits per heavy atom. The first-order valence-electron chi connectivity index (χ1n) is 26.8. The number of hydrogen-bond acceptors (Lipinski definition) is 6. The third-order valence-electron chi connectivity index (χ3n) is 14.8. The molecule has 2 aromatic carbocycles. The van der Waals surface area contributed by atoms with Crippen molar-refractivity contribution in [1.82, 2.24) is 39.9 Å². The number of aromatic nitrogens is 8. The average Bonchev–Trinajstić information content (AvgIpc) is 4.39. The maximum absolute atomic E-state index is 5.77. The summed E-state index contributed by atoms with van der Waals surface area (Å²) in [6.07, 6.45) is 4.39. The zero-order chi connectivity index (χ0) is 56.8. The molecule has 0 amide bonds. The summed E-state index contributed by atoms with van der Waals surface area (Å²) in [4.78, 5) is 40.0. The summed E-state index contributed by atoms with van der Waals surface area (Å²) in [6.45, 7) is 27.3. The van der Waals surface area contributed by atoms with E-state index >= 15 is 0 Å². The van der Waals surface area contributed by atoms with Crippen LogP contribution in [0.1, 0.15) is 140 Å². The van der Waals surface area contributed by atoms with E-state index in [1.165, 1.54) is 22.3 Å². The fourth-order valence-electron chi connectivity index (χ4n) is 10.3. The first kappa shape index (κ1) is 55.5. The topological polar surface area (TPSA) is 109 Å². The second kappa shape index (κ2) is 20.8. The van der Waals surface area contributed by atoms with E-state index in [-0.39, 0.29) is 21.7 Å². The van der Waals surface area contributed by atoms with Gasteiger partial charge in [0.1, 0.15) is 18.4 Å². The van der Waals surface area contributed by atoms with Crippen molar-refractivity contribution in [3.8, 4) is 44.8 Å². The van der Waals surface area contributed by atoms with Gasteiger partial charge >= 0.3 is 0 Å². The maximum Gasteiger partial charge on any atom is 0.106 e. The molecule has 12 heteroatoms. The Labute approximate surface area is 502 Å². The van der Waals surface area contributed by atoms with Crippen LogP contribution in [0, 0.1) is 0 Å². The van der Waals surface area contributed by atoms with Gasteiger partial charge in [0, 0.05) is 44.4 Å². The van der Waals surface area contributed by atoms with E-state index in [0.29, 0.717) is 0 Å². The molecule has 2 N–H and O–H groups in total. The minimum Gasteiger partial charge on any atom is -0.354 e. The van der Waals surface area contributed by atoms with Gasteiger partial charge in [0.2, 0.25) is 0 Å². The van der Waals surface area contributed by atoms with Gasteiger partial charge in [0.25, 0.3) is 0 Å². The monoisotopic (exact) mass is 1310 g/mol. The van der Waals surface area contributed by atoms with Crippen molar-refractivity contribution < 1.29 is 0 Å². The van der Waals surface area contributed by atoms with Gasteiger partial charge in [-0.3, -0.25) is 0 Å². The lowest BCUT2D eigenvalue weighted by Crippen LogP contribution is -2.16. The second-order valence-corrected chi connectivity index (χ2v) is 28.2. The number of fused-ring (bicyclic) bond motifs is 8. The summed E-state index contributed by atoms with van der Waals surface area (Å²) in [6, 6.07) is 47.0. The van der Waals surface area contributed by atoms with Gasteiger partial charge in [0.05, 0.1) is 56.6 Å². The van der Waals surface area contributed by atoms with E-state index in [0.717, 1.165) is 131 Å². The normalized spacial score (nSPS) is 13.2. The van der Waals surface area contributed by atoms with Crippen LogP contribution >= 0.6 is 63.7 Å². The molecule has 2 aliphatic rings. The van der Waals surface area contributed by atoms with Crippen molar-refractivity contribution in [3.05, 3.63) is 208 Å². The summed E-state index contributed by atoms with van der Waals surface area (Å²) in [5, 5.41) is 0. The van der Waals surface area contributed by atoms with Crippen molar-refractivity contribution in [1.29, 1.82) is 0 Å². The van der Waals surface area contributed by atoms with Gasteiger partial charge in [-0.2, -0.15) is 0 Å². The molecule has 7 aromatic heterocycles. The maximum atomic E-state index is 5.77. The highest BCUT2D eigenvalue weighted by Crippen LogP contribution is 2.44. The summed E-state index contributed by atoms with van der Waals surface area (Å²) in [7, 11) is 0. The fourth-order valence-corrected chi connectivity index (χ4v) is 11.7. The van der Waals surface area contributed by atoms with E-state index in [2.05, 4.69) is 254 Å². The standard InChI is InChI=1S/C68H62Br4N8/c1-65(2,3)39-25-37(26-40(29-39)66(4,5)6)63-55-31-43(47-17-13-21-59(69)77-47)51(73-55)35-53-45(49-19-15-23-61(71)79-49)33-57(75-53)64(38-27-41(67(7,8)9)30-42(28-38)68(10,11)12)58-34-46(50-20-16-24-62(72)80-50)54(76-58)36-52-44(32-56(63)74-52)48-18-14-22-60(70)78-48/h13-36,73,76H,1-12H3. The molecule has 0 spiro atoms. The predicted octanol–water partition coefficient (Wildman–Crippen LogP) is 20.0. The molecule has 0 atom stereocenters. The molecule has 80 heavy (non-hydrogen) atoms. The lowest BCUT2D eigenvalue weighted by molar-refractivity contribution is 0.568. The molecular weight excluding hydrogens is 1250 g/mol. The second-order valence-electron chi connectivity index (χ2n) is 24.9. The smallest absolute Gasteiger partial charge is 0.106 e. The van der Waals surface area contributed by atoms with E-state index in [1.54, 1.807) is 0 Å². The largest absolute Gasteiger partial charge is 0.354 e. The van der Waals surface area contributed by atoms with Gasteiger partial charge in [-0.05, 0) is 204 Å². The number of nitrogens with one attached hydrogen (secondary N) is 2. The van der Waals surface area contributed by atoms with Crippen LogP contribution in [-0.4, -0.2) is 39.9 Å². The van der Waals surface area contributed by atoms with Gasteiger partial charge in [0.15, 0.2) is 0 Å². The van der Waals surface area contributed by atoms with Crippen molar-refractivity contribution >= 4 is 109 Å². The number of benzene rings is 2. The Morgan fingerprint density at radius 3 is 0.912 bits per heavy atom. The number of hydrogen-bond donors (Lipinski definition) is 2. The Kier molecular flexibility index (Phi) is 14.4. The van der Waals surface area contributed by atoms with Crippen molar-refractivity contribution in [2.75, 3.05) is 0 Å². The lowest BCUT2D eigenvalue weighted by Gasteiger charge is -2.26. The number of pyridine rings is 4. The zero-order valence-electron chi connectivity index (χ0n) is 47.1. The summed E-state index contributed by atoms with van der Waals surface area (Å²) >= 11 is 14.9. The van der Waals surface area contributed by atoms with E-state index in [4.69, 9.17) is 29.9 Å². The number of H-pyrrole nitrogens is 2. The first-order chi connectivity index (χ1) is 37.7. The molecule has 11 rings (SSSR count). The molecule has 0 aliphatic carbocycles. The Bertz CT molecular complexity index is 3890. The molecule has 9 aromatic rings. The van der Waals surface area contributed by atoms with Crippen LogP contribution in [0.15, 0.2) is 152 Å². The van der Waals surface area contributed by atoms with Crippen LogP contribution < -0.4 is 0 Å². The number of rotatable bonds is 6. The lowest BCUT2D eigenvalue weighted by atomic mass is 9.78. The van der Waals surface area contributed by atoms with Crippen molar-refractivity contribution in [2.45, 2.75) is 105 Å². The quantitative estimate of drug-likeness (QED) is 0.161. The highest BCUT2D eigenvalue weighted by molar-refractivity contribution is 9.11. The molecule has 2 aliphatic heterocycles. The molecule has 0 saturated carbocycles. The zero-order valence-corrected chi connectivity index (χ0v) is 53.4. The minimum absolute atomic E-state index is 0.169. The minimum atomic E-state index is -0.169. The molecule has 402 valence electrons. The predicted molar refractivity (Wildman–Crippen MR) is 346 cm³/mol. The van der Waals surface area contributed by atoms with Crippen molar-refractivity contribution in [3.63, 3.8) is 0 Å². The molecule has 0 unspecified atom stereocenters.